The Morgan fingerprint density at radius 1 is 1.31 bits per heavy atom. The predicted octanol–water partition coefficient (Wildman–Crippen LogP) is 2.56. The van der Waals surface area contributed by atoms with Crippen molar-refractivity contribution in [2.24, 2.45) is 5.41 Å². The number of methoxy groups -OCH3 is 1. The molecule has 0 aliphatic carbocycles. The van der Waals surface area contributed by atoms with E-state index in [1.54, 1.807) is 0 Å². The topological polar surface area (TPSA) is 38.3 Å². The number of carbonyl (C=O) groups excluding carboxylic acids is 1. The van der Waals surface area contributed by atoms with Crippen molar-refractivity contribution in [2.45, 2.75) is 40.0 Å². The third-order valence-corrected chi connectivity index (χ3v) is 1.81. The van der Waals surface area contributed by atoms with Crippen molar-refractivity contribution in [3.05, 3.63) is 0 Å². The fourth-order valence-electron chi connectivity index (χ4n) is 1.04. The van der Waals surface area contributed by atoms with Gasteiger partial charge in [0.2, 0.25) is 0 Å². The third-order valence-electron chi connectivity index (χ3n) is 1.81. The predicted molar refractivity (Wildman–Crippen MR) is 53.7 cm³/mol. The Morgan fingerprint density at radius 2 is 1.92 bits per heavy atom. The van der Waals surface area contributed by atoms with Crippen molar-refractivity contribution in [3.63, 3.8) is 0 Å². The lowest BCUT2D eigenvalue weighted by atomic mass is 9.90. The Morgan fingerprint density at radius 3 is 2.38 bits per heavy atom. The number of rotatable bonds is 4. The van der Waals surface area contributed by atoms with E-state index in [1.165, 1.54) is 13.5 Å². The third kappa shape index (κ3) is 9.18. The highest BCUT2D eigenvalue weighted by molar-refractivity contribution is 5.66. The molecule has 0 aliphatic rings. The minimum Gasteiger partial charge on any atom is -0.453 e. The lowest BCUT2D eigenvalue weighted by molar-refractivity contribution is 0.170. The van der Waals surface area contributed by atoms with Crippen LogP contribution in [0.2, 0.25) is 0 Å². The molecule has 0 atom stereocenters. The summed E-state index contributed by atoms with van der Waals surface area (Å²) < 4.78 is 4.45. The molecule has 0 rings (SSSR count). The van der Waals surface area contributed by atoms with Crippen LogP contribution in [0.15, 0.2) is 0 Å². The van der Waals surface area contributed by atoms with Crippen LogP contribution < -0.4 is 5.32 Å². The van der Waals surface area contributed by atoms with Crippen LogP contribution in [0.3, 0.4) is 0 Å². The minimum atomic E-state index is -0.337. The first-order valence-corrected chi connectivity index (χ1v) is 4.77. The Balaban J connectivity index is 3.22. The average molecular weight is 187 g/mol. The summed E-state index contributed by atoms with van der Waals surface area (Å²) in [5, 5.41) is 2.66. The second-order valence-corrected chi connectivity index (χ2v) is 4.44. The molecular weight excluding hydrogens is 166 g/mol. The SMILES string of the molecule is COC(=O)NCCCCC(C)(C)C. The molecule has 3 heteroatoms. The summed E-state index contributed by atoms with van der Waals surface area (Å²) in [4.78, 5) is 10.6. The quantitative estimate of drug-likeness (QED) is 0.687. The zero-order valence-electron chi connectivity index (χ0n) is 9.14. The number of alkyl carbamates (subject to hydrolysis) is 1. The van der Waals surface area contributed by atoms with Crippen LogP contribution in [0, 0.1) is 5.41 Å². The van der Waals surface area contributed by atoms with Gasteiger partial charge in [-0.1, -0.05) is 27.2 Å². The van der Waals surface area contributed by atoms with Crippen molar-refractivity contribution < 1.29 is 9.53 Å². The molecule has 1 amide bonds. The molecule has 0 spiro atoms. The molecule has 78 valence electrons. The van der Waals surface area contributed by atoms with Gasteiger partial charge in [0, 0.05) is 6.54 Å². The molecule has 13 heavy (non-hydrogen) atoms. The molecular formula is C10H21NO2. The Hall–Kier alpha value is -0.730. The highest BCUT2D eigenvalue weighted by Gasteiger charge is 2.08. The van der Waals surface area contributed by atoms with E-state index in [4.69, 9.17) is 0 Å². The van der Waals surface area contributed by atoms with Gasteiger partial charge in [0.05, 0.1) is 7.11 Å². The number of hydrogen-bond donors (Lipinski definition) is 1. The zero-order valence-corrected chi connectivity index (χ0v) is 9.14. The van der Waals surface area contributed by atoms with Crippen molar-refractivity contribution in [1.29, 1.82) is 0 Å². The summed E-state index contributed by atoms with van der Waals surface area (Å²) in [6, 6.07) is 0. The monoisotopic (exact) mass is 187 g/mol. The summed E-state index contributed by atoms with van der Waals surface area (Å²) in [5.41, 5.74) is 0.394. The van der Waals surface area contributed by atoms with E-state index >= 15 is 0 Å². The standard InChI is InChI=1S/C10H21NO2/c1-10(2,3)7-5-6-8-11-9(12)13-4/h5-8H2,1-4H3,(H,11,12). The molecule has 0 aromatic carbocycles. The zero-order chi connectivity index (χ0) is 10.3. The van der Waals surface area contributed by atoms with Gasteiger partial charge in [-0.3, -0.25) is 0 Å². The summed E-state index contributed by atoms with van der Waals surface area (Å²) in [6.45, 7) is 7.38. The molecule has 0 aliphatic heterocycles. The van der Waals surface area contributed by atoms with Crippen molar-refractivity contribution in [3.8, 4) is 0 Å². The summed E-state index contributed by atoms with van der Waals surface area (Å²) in [6.07, 6.45) is 3.02. The largest absolute Gasteiger partial charge is 0.453 e. The van der Waals surface area contributed by atoms with Crippen LogP contribution in [0.1, 0.15) is 40.0 Å². The van der Waals surface area contributed by atoms with Crippen LogP contribution in [0.25, 0.3) is 0 Å². The highest BCUT2D eigenvalue weighted by Crippen LogP contribution is 2.20. The molecule has 0 unspecified atom stereocenters. The molecule has 0 saturated carbocycles. The molecule has 0 saturated heterocycles. The van der Waals surface area contributed by atoms with Crippen LogP contribution in [0.5, 0.6) is 0 Å². The summed E-state index contributed by atoms with van der Waals surface area (Å²) in [7, 11) is 1.38. The smallest absolute Gasteiger partial charge is 0.406 e. The van der Waals surface area contributed by atoms with Crippen LogP contribution >= 0.6 is 0 Å². The normalized spacial score (nSPS) is 11.1. The van der Waals surface area contributed by atoms with E-state index in [0.29, 0.717) is 12.0 Å². The van der Waals surface area contributed by atoms with Crippen LogP contribution in [-0.2, 0) is 4.74 Å². The average Bonchev–Trinajstić information content (AvgIpc) is 2.01. The van der Waals surface area contributed by atoms with Gasteiger partial charge in [0.15, 0.2) is 0 Å². The molecule has 0 heterocycles. The van der Waals surface area contributed by atoms with Gasteiger partial charge in [-0.15, -0.1) is 0 Å². The van der Waals surface area contributed by atoms with E-state index in [-0.39, 0.29) is 6.09 Å². The lowest BCUT2D eigenvalue weighted by Gasteiger charge is -2.17. The van der Waals surface area contributed by atoms with Gasteiger partial charge in [-0.2, -0.15) is 0 Å². The number of hydrogen-bond acceptors (Lipinski definition) is 2. The first kappa shape index (κ1) is 12.3. The highest BCUT2D eigenvalue weighted by atomic mass is 16.5. The number of ether oxygens (including phenoxy) is 1. The summed E-state index contributed by atoms with van der Waals surface area (Å²) in [5.74, 6) is 0. The number of unbranched alkanes of at least 4 members (excludes halogenated alkanes) is 1. The Labute approximate surface area is 80.8 Å². The minimum absolute atomic E-state index is 0.337. The molecule has 0 radical (unpaired) electrons. The maximum Gasteiger partial charge on any atom is 0.406 e. The van der Waals surface area contributed by atoms with Crippen molar-refractivity contribution in [1.82, 2.24) is 5.32 Å². The summed E-state index contributed by atoms with van der Waals surface area (Å²) >= 11 is 0. The first-order valence-electron chi connectivity index (χ1n) is 4.77. The number of carbonyl (C=O) groups is 1. The van der Waals surface area contributed by atoms with E-state index in [1.807, 2.05) is 0 Å². The van der Waals surface area contributed by atoms with Gasteiger partial charge >= 0.3 is 6.09 Å². The van der Waals surface area contributed by atoms with E-state index in [0.717, 1.165) is 12.8 Å². The van der Waals surface area contributed by atoms with E-state index < -0.39 is 0 Å². The van der Waals surface area contributed by atoms with Gasteiger partial charge in [0.25, 0.3) is 0 Å². The Bertz CT molecular complexity index is 149. The van der Waals surface area contributed by atoms with Gasteiger partial charge < -0.3 is 10.1 Å². The second kappa shape index (κ2) is 5.84. The lowest BCUT2D eigenvalue weighted by Crippen LogP contribution is -2.24. The van der Waals surface area contributed by atoms with E-state index in [9.17, 15) is 4.79 Å². The fourth-order valence-corrected chi connectivity index (χ4v) is 1.04. The molecule has 3 nitrogen and oxygen atoms in total. The second-order valence-electron chi connectivity index (χ2n) is 4.44. The van der Waals surface area contributed by atoms with E-state index in [2.05, 4.69) is 30.8 Å². The fraction of sp³-hybridized carbons (Fsp3) is 0.900. The maximum atomic E-state index is 10.6. The number of amides is 1. The molecule has 1 N–H and O–H groups in total. The first-order chi connectivity index (χ1) is 5.95. The molecule has 0 fully saturated rings. The van der Waals surface area contributed by atoms with Crippen LogP contribution in [0.4, 0.5) is 4.79 Å². The van der Waals surface area contributed by atoms with Crippen molar-refractivity contribution in [2.75, 3.05) is 13.7 Å². The molecule has 0 bridgehead atoms. The van der Waals surface area contributed by atoms with Gasteiger partial charge in [0.1, 0.15) is 0 Å². The van der Waals surface area contributed by atoms with Gasteiger partial charge in [-0.05, 0) is 18.3 Å². The maximum absolute atomic E-state index is 10.6. The van der Waals surface area contributed by atoms with Gasteiger partial charge in [-0.25, -0.2) is 4.79 Å². The number of nitrogens with one attached hydrogen (secondary N) is 1. The van der Waals surface area contributed by atoms with Crippen molar-refractivity contribution >= 4 is 6.09 Å². The molecule has 0 aromatic heterocycles. The Kier molecular flexibility index (Phi) is 5.51. The van der Waals surface area contributed by atoms with Crippen LogP contribution in [-0.4, -0.2) is 19.7 Å². The molecule has 0 aromatic rings.